The Morgan fingerprint density at radius 3 is 2.44 bits per heavy atom. The van der Waals surface area contributed by atoms with Crippen molar-refractivity contribution in [3.63, 3.8) is 0 Å². The van der Waals surface area contributed by atoms with Crippen LogP contribution in [-0.4, -0.2) is 16.1 Å². The SMILES string of the molecule is O=C(CCCCCc1nc(-c2ccc(Cl)cc2)c(-c2ccccc2)s1)NO. The monoisotopic (exact) mass is 400 g/mol. The number of aromatic nitrogens is 1. The minimum atomic E-state index is -0.333. The van der Waals surface area contributed by atoms with Crippen molar-refractivity contribution in [3.05, 3.63) is 64.6 Å². The molecule has 1 heterocycles. The number of unbranched alkanes of at least 4 members (excludes halogenated alkanes) is 2. The zero-order valence-corrected chi connectivity index (χ0v) is 16.4. The fourth-order valence-electron chi connectivity index (χ4n) is 2.85. The number of carbonyl (C=O) groups is 1. The third kappa shape index (κ3) is 5.39. The van der Waals surface area contributed by atoms with Crippen LogP contribution in [0.2, 0.25) is 5.02 Å². The van der Waals surface area contributed by atoms with Gasteiger partial charge in [-0.2, -0.15) is 0 Å². The van der Waals surface area contributed by atoms with Gasteiger partial charge in [-0.25, -0.2) is 10.5 Å². The Morgan fingerprint density at radius 2 is 1.74 bits per heavy atom. The number of hydroxylamine groups is 1. The van der Waals surface area contributed by atoms with E-state index in [9.17, 15) is 4.79 Å². The Bertz CT molecular complexity index is 879. The van der Waals surface area contributed by atoms with Crippen molar-refractivity contribution in [3.8, 4) is 21.7 Å². The maximum atomic E-state index is 11.0. The van der Waals surface area contributed by atoms with Gasteiger partial charge < -0.3 is 0 Å². The molecule has 4 nitrogen and oxygen atoms in total. The van der Waals surface area contributed by atoms with E-state index in [1.165, 1.54) is 0 Å². The van der Waals surface area contributed by atoms with Gasteiger partial charge in [0.2, 0.25) is 5.91 Å². The quantitative estimate of drug-likeness (QED) is 0.288. The van der Waals surface area contributed by atoms with Crippen LogP contribution in [0.3, 0.4) is 0 Å². The molecule has 140 valence electrons. The molecule has 27 heavy (non-hydrogen) atoms. The summed E-state index contributed by atoms with van der Waals surface area (Å²) >= 11 is 7.75. The highest BCUT2D eigenvalue weighted by Crippen LogP contribution is 2.37. The second-order valence-electron chi connectivity index (χ2n) is 6.25. The second-order valence-corrected chi connectivity index (χ2v) is 7.77. The fourth-order valence-corrected chi connectivity index (χ4v) is 4.11. The van der Waals surface area contributed by atoms with Crippen molar-refractivity contribution in [2.75, 3.05) is 0 Å². The summed E-state index contributed by atoms with van der Waals surface area (Å²) in [5.74, 6) is -0.333. The molecular formula is C21H21ClN2O2S. The van der Waals surface area contributed by atoms with Crippen LogP contribution in [0.15, 0.2) is 54.6 Å². The van der Waals surface area contributed by atoms with E-state index < -0.39 is 0 Å². The molecule has 0 aliphatic rings. The van der Waals surface area contributed by atoms with Gasteiger partial charge in [0.25, 0.3) is 0 Å². The summed E-state index contributed by atoms with van der Waals surface area (Å²) in [7, 11) is 0. The van der Waals surface area contributed by atoms with Crippen LogP contribution in [0, 0.1) is 0 Å². The molecule has 0 aliphatic carbocycles. The normalized spacial score (nSPS) is 10.7. The number of thiazole rings is 1. The lowest BCUT2D eigenvalue weighted by Gasteiger charge is -2.03. The van der Waals surface area contributed by atoms with E-state index in [0.717, 1.165) is 52.4 Å². The number of nitrogens with one attached hydrogen (secondary N) is 1. The van der Waals surface area contributed by atoms with Gasteiger partial charge in [0, 0.05) is 17.0 Å². The average Bonchev–Trinajstić information content (AvgIpc) is 3.13. The number of carbonyl (C=O) groups excluding carboxylic acids is 1. The third-order valence-electron chi connectivity index (χ3n) is 4.24. The molecule has 0 aliphatic heterocycles. The number of nitrogens with zero attached hydrogens (tertiary/aromatic N) is 1. The molecule has 2 N–H and O–H groups in total. The van der Waals surface area contributed by atoms with Crippen LogP contribution in [0.1, 0.15) is 30.7 Å². The standard InChI is InChI=1S/C21H21ClN2O2S/c22-17-13-11-15(12-14-17)20-21(16-7-3-1-4-8-16)27-19(23-20)10-6-2-5-9-18(25)24-26/h1,3-4,7-8,11-14,26H,2,5-6,9-10H2,(H,24,25). The van der Waals surface area contributed by atoms with Gasteiger partial charge in [0.05, 0.1) is 15.6 Å². The number of aryl methyl sites for hydroxylation is 1. The van der Waals surface area contributed by atoms with Gasteiger partial charge in [-0.3, -0.25) is 10.0 Å². The van der Waals surface area contributed by atoms with Crippen molar-refractivity contribution < 1.29 is 10.0 Å². The number of hydrogen-bond donors (Lipinski definition) is 2. The molecule has 3 aromatic rings. The number of rotatable bonds is 8. The highest BCUT2D eigenvalue weighted by Gasteiger charge is 2.14. The summed E-state index contributed by atoms with van der Waals surface area (Å²) < 4.78 is 0. The van der Waals surface area contributed by atoms with Crippen molar-refractivity contribution >= 4 is 28.8 Å². The summed E-state index contributed by atoms with van der Waals surface area (Å²) in [5, 5.41) is 10.3. The summed E-state index contributed by atoms with van der Waals surface area (Å²) in [5.41, 5.74) is 4.86. The van der Waals surface area contributed by atoms with E-state index in [1.54, 1.807) is 16.8 Å². The van der Waals surface area contributed by atoms with E-state index in [4.69, 9.17) is 21.8 Å². The molecule has 0 unspecified atom stereocenters. The van der Waals surface area contributed by atoms with E-state index in [-0.39, 0.29) is 5.91 Å². The lowest BCUT2D eigenvalue weighted by Crippen LogP contribution is -2.17. The van der Waals surface area contributed by atoms with Crippen molar-refractivity contribution in [1.29, 1.82) is 0 Å². The average molecular weight is 401 g/mol. The minimum Gasteiger partial charge on any atom is -0.289 e. The molecule has 1 aromatic heterocycles. The Balaban J connectivity index is 1.76. The van der Waals surface area contributed by atoms with Crippen LogP contribution in [-0.2, 0) is 11.2 Å². The third-order valence-corrected chi connectivity index (χ3v) is 5.66. The van der Waals surface area contributed by atoms with Crippen LogP contribution < -0.4 is 5.48 Å². The van der Waals surface area contributed by atoms with Gasteiger partial charge in [-0.1, -0.05) is 60.5 Å². The summed E-state index contributed by atoms with van der Waals surface area (Å²) in [6.07, 6.45) is 3.86. The molecule has 0 saturated heterocycles. The molecule has 0 radical (unpaired) electrons. The first kappa shape index (κ1) is 19.5. The molecule has 2 aromatic carbocycles. The first-order valence-electron chi connectivity index (χ1n) is 8.91. The Hall–Kier alpha value is -2.21. The largest absolute Gasteiger partial charge is 0.289 e. The van der Waals surface area contributed by atoms with Gasteiger partial charge in [0.1, 0.15) is 0 Å². The van der Waals surface area contributed by atoms with E-state index in [0.29, 0.717) is 11.4 Å². The number of hydrogen-bond acceptors (Lipinski definition) is 4. The highest BCUT2D eigenvalue weighted by atomic mass is 35.5. The molecule has 0 fully saturated rings. The van der Waals surface area contributed by atoms with Gasteiger partial charge in [-0.05, 0) is 37.0 Å². The van der Waals surface area contributed by atoms with E-state index >= 15 is 0 Å². The Kier molecular flexibility index (Phi) is 6.98. The molecule has 0 bridgehead atoms. The fraction of sp³-hybridized carbons (Fsp3) is 0.238. The van der Waals surface area contributed by atoms with Crippen molar-refractivity contribution in [2.45, 2.75) is 32.1 Å². The van der Waals surface area contributed by atoms with Crippen LogP contribution in [0.25, 0.3) is 21.7 Å². The lowest BCUT2D eigenvalue weighted by molar-refractivity contribution is -0.129. The summed E-state index contributed by atoms with van der Waals surface area (Å²) in [6, 6.07) is 18.1. The summed E-state index contributed by atoms with van der Waals surface area (Å²) in [6.45, 7) is 0. The lowest BCUT2D eigenvalue weighted by atomic mass is 10.1. The van der Waals surface area contributed by atoms with Crippen LogP contribution in [0.4, 0.5) is 0 Å². The van der Waals surface area contributed by atoms with Crippen LogP contribution >= 0.6 is 22.9 Å². The molecule has 3 rings (SSSR count). The highest BCUT2D eigenvalue weighted by molar-refractivity contribution is 7.15. The molecule has 0 atom stereocenters. The second kappa shape index (κ2) is 9.65. The molecule has 1 amide bonds. The predicted molar refractivity (Wildman–Crippen MR) is 110 cm³/mol. The number of amides is 1. The topological polar surface area (TPSA) is 62.2 Å². The number of benzene rings is 2. The Labute approximate surface area is 167 Å². The van der Waals surface area contributed by atoms with Crippen molar-refractivity contribution in [2.24, 2.45) is 0 Å². The molecule has 0 saturated carbocycles. The molecule has 6 heteroatoms. The summed E-state index contributed by atoms with van der Waals surface area (Å²) in [4.78, 5) is 17.1. The van der Waals surface area contributed by atoms with Gasteiger partial charge >= 0.3 is 0 Å². The first-order chi connectivity index (χ1) is 13.2. The maximum absolute atomic E-state index is 11.0. The van der Waals surface area contributed by atoms with Gasteiger partial charge in [0.15, 0.2) is 0 Å². The first-order valence-corrected chi connectivity index (χ1v) is 10.1. The smallest absolute Gasteiger partial charge is 0.243 e. The number of halogens is 1. The molecule has 0 spiro atoms. The van der Waals surface area contributed by atoms with Gasteiger partial charge in [-0.15, -0.1) is 11.3 Å². The minimum absolute atomic E-state index is 0.333. The van der Waals surface area contributed by atoms with Crippen molar-refractivity contribution in [1.82, 2.24) is 10.5 Å². The Morgan fingerprint density at radius 1 is 1.00 bits per heavy atom. The predicted octanol–water partition coefficient (Wildman–Crippen LogP) is 5.74. The maximum Gasteiger partial charge on any atom is 0.243 e. The van der Waals surface area contributed by atoms with E-state index in [2.05, 4.69) is 12.1 Å². The molecular weight excluding hydrogens is 380 g/mol. The zero-order valence-electron chi connectivity index (χ0n) is 14.8. The van der Waals surface area contributed by atoms with E-state index in [1.807, 2.05) is 42.5 Å². The van der Waals surface area contributed by atoms with Crippen LogP contribution in [0.5, 0.6) is 0 Å². The zero-order chi connectivity index (χ0) is 19.1.